The highest BCUT2D eigenvalue weighted by atomic mass is 16.5. The molecule has 194 valence electrons. The molecule has 3 aromatic rings. The van der Waals surface area contributed by atoms with E-state index in [9.17, 15) is 0 Å². The molecule has 5 rings (SSSR count). The number of hydrogen-bond donors (Lipinski definition) is 3. The Morgan fingerprint density at radius 2 is 1.57 bits per heavy atom. The standard InChI is InChI=1S/C30H37N5O2/c1-32-30(33-25-19-27(37-3)26(36-2)18-24(25)28(31)34-30)21-29(23-12-8-5-9-13-23)14-16-35(17-15-29)20-22-10-6-4-7-11-22/h4-13,18-19,32-33H,14-17,20-21H2,1-3H3,(H2,31,34). The summed E-state index contributed by atoms with van der Waals surface area (Å²) in [4.78, 5) is 7.57. The number of fused-ring (bicyclic) bond motifs is 1. The van der Waals surface area contributed by atoms with Gasteiger partial charge in [0, 0.05) is 30.0 Å². The van der Waals surface area contributed by atoms with Gasteiger partial charge >= 0.3 is 0 Å². The SMILES string of the molecule is CNC1(CC2(c3ccccc3)CCN(Cc3ccccc3)CC2)N=C(N)c2cc(OC)c(OC)cc2N1. The van der Waals surface area contributed by atoms with Crippen LogP contribution in [-0.4, -0.2) is 50.9 Å². The fourth-order valence-electron chi connectivity index (χ4n) is 5.83. The molecule has 37 heavy (non-hydrogen) atoms. The second kappa shape index (κ2) is 10.4. The van der Waals surface area contributed by atoms with E-state index in [-0.39, 0.29) is 5.41 Å². The number of rotatable bonds is 8. The Bertz CT molecular complexity index is 1240. The maximum atomic E-state index is 6.57. The van der Waals surface area contributed by atoms with Crippen molar-refractivity contribution in [1.29, 1.82) is 0 Å². The lowest BCUT2D eigenvalue weighted by Crippen LogP contribution is -2.57. The molecule has 0 spiro atoms. The van der Waals surface area contributed by atoms with Crippen LogP contribution in [0.25, 0.3) is 0 Å². The maximum absolute atomic E-state index is 6.57. The van der Waals surface area contributed by atoms with Crippen LogP contribution in [0.5, 0.6) is 11.5 Å². The van der Waals surface area contributed by atoms with Gasteiger partial charge in [0.1, 0.15) is 5.84 Å². The van der Waals surface area contributed by atoms with Crippen LogP contribution in [0, 0.1) is 0 Å². The number of likely N-dealkylation sites (tertiary alicyclic amines) is 1. The molecule has 7 nitrogen and oxygen atoms in total. The Morgan fingerprint density at radius 1 is 0.946 bits per heavy atom. The van der Waals surface area contributed by atoms with E-state index in [0.717, 1.165) is 50.1 Å². The van der Waals surface area contributed by atoms with Crippen molar-refractivity contribution in [3.63, 3.8) is 0 Å². The number of ether oxygens (including phenoxy) is 2. The fraction of sp³-hybridized carbons (Fsp3) is 0.367. The quantitative estimate of drug-likeness (QED) is 0.428. The topological polar surface area (TPSA) is 84.1 Å². The molecule has 3 aromatic carbocycles. The molecule has 1 saturated heterocycles. The number of piperidine rings is 1. The van der Waals surface area contributed by atoms with E-state index >= 15 is 0 Å². The molecule has 1 atom stereocenters. The first kappa shape index (κ1) is 25.1. The smallest absolute Gasteiger partial charge is 0.187 e. The average molecular weight is 500 g/mol. The predicted octanol–water partition coefficient (Wildman–Crippen LogP) is 4.33. The minimum Gasteiger partial charge on any atom is -0.493 e. The summed E-state index contributed by atoms with van der Waals surface area (Å²) in [5.41, 5.74) is 10.9. The second-order valence-electron chi connectivity index (χ2n) is 10.1. The van der Waals surface area contributed by atoms with Gasteiger partial charge in [-0.25, -0.2) is 4.99 Å². The molecule has 7 heteroatoms. The van der Waals surface area contributed by atoms with Gasteiger partial charge in [-0.3, -0.25) is 10.2 Å². The predicted molar refractivity (Wildman–Crippen MR) is 149 cm³/mol. The van der Waals surface area contributed by atoms with Gasteiger partial charge < -0.3 is 20.5 Å². The minimum absolute atomic E-state index is 0.0672. The Morgan fingerprint density at radius 3 is 2.19 bits per heavy atom. The average Bonchev–Trinajstić information content (AvgIpc) is 2.94. The summed E-state index contributed by atoms with van der Waals surface area (Å²) in [5, 5.41) is 7.17. The zero-order chi connectivity index (χ0) is 25.9. The molecule has 0 amide bonds. The Labute approximate surface area is 219 Å². The maximum Gasteiger partial charge on any atom is 0.187 e. The zero-order valence-corrected chi connectivity index (χ0v) is 22.0. The normalized spacial score (nSPS) is 20.9. The van der Waals surface area contributed by atoms with Crippen LogP contribution < -0.4 is 25.8 Å². The summed E-state index contributed by atoms with van der Waals surface area (Å²) in [6.45, 7) is 3.01. The first-order chi connectivity index (χ1) is 18.0. The number of nitrogens with one attached hydrogen (secondary N) is 2. The Balaban J connectivity index is 1.45. The molecule has 0 radical (unpaired) electrons. The molecule has 4 N–H and O–H groups in total. The highest BCUT2D eigenvalue weighted by Crippen LogP contribution is 2.45. The molecule has 1 fully saturated rings. The van der Waals surface area contributed by atoms with Crippen molar-refractivity contribution in [2.75, 3.05) is 39.7 Å². The minimum atomic E-state index is -0.756. The molecular weight excluding hydrogens is 462 g/mol. The zero-order valence-electron chi connectivity index (χ0n) is 22.0. The molecule has 0 aromatic heterocycles. The third-order valence-electron chi connectivity index (χ3n) is 7.91. The summed E-state index contributed by atoms with van der Waals surface area (Å²) in [7, 11) is 5.21. The lowest BCUT2D eigenvalue weighted by Gasteiger charge is -2.48. The number of hydrogen-bond acceptors (Lipinski definition) is 7. The number of anilines is 1. The first-order valence-electron chi connectivity index (χ1n) is 12.9. The monoisotopic (exact) mass is 499 g/mol. The van der Waals surface area contributed by atoms with Gasteiger partial charge in [-0.05, 0) is 50.2 Å². The summed E-state index contributed by atoms with van der Waals surface area (Å²) in [5.74, 6) is 1.01. The van der Waals surface area contributed by atoms with Gasteiger partial charge in [0.15, 0.2) is 17.3 Å². The highest BCUT2D eigenvalue weighted by Gasteiger charge is 2.45. The van der Waals surface area contributed by atoms with Crippen molar-refractivity contribution in [1.82, 2.24) is 10.2 Å². The Kier molecular flexibility index (Phi) is 7.09. The molecular formula is C30H37N5O2. The van der Waals surface area contributed by atoms with E-state index in [1.165, 1.54) is 11.1 Å². The second-order valence-corrected chi connectivity index (χ2v) is 10.1. The Hall–Kier alpha value is -3.55. The van der Waals surface area contributed by atoms with Crippen molar-refractivity contribution < 1.29 is 9.47 Å². The number of methoxy groups -OCH3 is 2. The summed E-state index contributed by atoms with van der Waals surface area (Å²) >= 11 is 0. The summed E-state index contributed by atoms with van der Waals surface area (Å²) in [6.07, 6.45) is 2.82. The van der Waals surface area contributed by atoms with E-state index in [0.29, 0.717) is 17.3 Å². The van der Waals surface area contributed by atoms with E-state index in [4.69, 9.17) is 20.2 Å². The fourth-order valence-corrected chi connectivity index (χ4v) is 5.83. The third kappa shape index (κ3) is 5.02. The molecule has 2 aliphatic rings. The lowest BCUT2D eigenvalue weighted by molar-refractivity contribution is 0.124. The van der Waals surface area contributed by atoms with Gasteiger partial charge in [0.05, 0.1) is 19.9 Å². The molecule has 0 saturated carbocycles. The van der Waals surface area contributed by atoms with Gasteiger partial charge in [-0.1, -0.05) is 60.7 Å². The van der Waals surface area contributed by atoms with Crippen LogP contribution in [0.2, 0.25) is 0 Å². The molecule has 0 bridgehead atoms. The largest absolute Gasteiger partial charge is 0.493 e. The van der Waals surface area contributed by atoms with E-state index in [1.807, 2.05) is 19.2 Å². The van der Waals surface area contributed by atoms with Gasteiger partial charge in [0.25, 0.3) is 0 Å². The van der Waals surface area contributed by atoms with E-state index < -0.39 is 5.79 Å². The number of nitrogens with zero attached hydrogens (tertiary/aromatic N) is 2. The number of aliphatic imine (C=N–C) groups is 1. The first-order valence-corrected chi connectivity index (χ1v) is 12.9. The number of benzene rings is 3. The number of nitrogens with two attached hydrogens (primary N) is 1. The van der Waals surface area contributed by atoms with Gasteiger partial charge in [0.2, 0.25) is 0 Å². The van der Waals surface area contributed by atoms with Crippen LogP contribution in [0.4, 0.5) is 5.69 Å². The highest BCUT2D eigenvalue weighted by molar-refractivity contribution is 6.05. The number of amidine groups is 1. The molecule has 0 aliphatic carbocycles. The van der Waals surface area contributed by atoms with Crippen LogP contribution in [0.3, 0.4) is 0 Å². The summed E-state index contributed by atoms with van der Waals surface area (Å²) in [6, 6.07) is 25.4. The van der Waals surface area contributed by atoms with Crippen LogP contribution in [0.1, 0.15) is 36.0 Å². The van der Waals surface area contributed by atoms with Crippen molar-refractivity contribution in [2.45, 2.75) is 37.0 Å². The van der Waals surface area contributed by atoms with Crippen molar-refractivity contribution in [3.8, 4) is 11.5 Å². The van der Waals surface area contributed by atoms with E-state index in [1.54, 1.807) is 14.2 Å². The molecule has 2 aliphatic heterocycles. The van der Waals surface area contributed by atoms with Gasteiger partial charge in [-0.15, -0.1) is 0 Å². The third-order valence-corrected chi connectivity index (χ3v) is 7.91. The molecule has 1 unspecified atom stereocenters. The van der Waals surface area contributed by atoms with Crippen LogP contribution in [-0.2, 0) is 12.0 Å². The molecule has 2 heterocycles. The van der Waals surface area contributed by atoms with Crippen LogP contribution >= 0.6 is 0 Å². The van der Waals surface area contributed by atoms with Crippen molar-refractivity contribution in [3.05, 3.63) is 89.5 Å². The van der Waals surface area contributed by atoms with E-state index in [2.05, 4.69) is 76.2 Å². The van der Waals surface area contributed by atoms with Gasteiger partial charge in [-0.2, -0.15) is 0 Å². The summed E-state index contributed by atoms with van der Waals surface area (Å²) < 4.78 is 11.1. The lowest BCUT2D eigenvalue weighted by atomic mass is 9.68. The van der Waals surface area contributed by atoms with Crippen LogP contribution in [0.15, 0.2) is 77.8 Å². The van der Waals surface area contributed by atoms with Crippen molar-refractivity contribution in [2.24, 2.45) is 10.7 Å². The van der Waals surface area contributed by atoms with Crippen molar-refractivity contribution >= 4 is 11.5 Å².